The zero-order valence-electron chi connectivity index (χ0n) is 8.47. The van der Waals surface area contributed by atoms with Gasteiger partial charge in [-0.1, -0.05) is 0 Å². The molecule has 0 aromatic carbocycles. The third-order valence-corrected chi connectivity index (χ3v) is 2.33. The maximum atomic E-state index is 11.5. The van der Waals surface area contributed by atoms with Crippen molar-refractivity contribution in [1.29, 1.82) is 0 Å². The molecule has 2 rings (SSSR count). The lowest BCUT2D eigenvalue weighted by Crippen LogP contribution is -2.30. The number of carbonyl (C=O) groups excluding carboxylic acids is 2. The summed E-state index contributed by atoms with van der Waals surface area (Å²) < 4.78 is 4.74. The quantitative estimate of drug-likeness (QED) is 0.503. The van der Waals surface area contributed by atoms with Gasteiger partial charge in [-0.15, -0.1) is 0 Å². The van der Waals surface area contributed by atoms with Crippen molar-refractivity contribution < 1.29 is 14.3 Å². The zero-order chi connectivity index (χ0) is 10.8. The lowest BCUT2D eigenvalue weighted by atomic mass is 10.1. The van der Waals surface area contributed by atoms with Crippen molar-refractivity contribution in [3.05, 3.63) is 0 Å². The first-order chi connectivity index (χ1) is 7.22. The summed E-state index contributed by atoms with van der Waals surface area (Å²) in [5.74, 6) is -1.06. The van der Waals surface area contributed by atoms with E-state index in [0.717, 1.165) is 12.8 Å². The number of carbonyl (C=O) groups is 2. The zero-order valence-corrected chi connectivity index (χ0v) is 8.47. The molecule has 0 N–H and O–H groups in total. The van der Waals surface area contributed by atoms with E-state index in [1.54, 1.807) is 6.92 Å². The number of hydrogen-bond donors (Lipinski definition) is 0. The molecule has 80 valence electrons. The Labute approximate surface area is 87.2 Å². The van der Waals surface area contributed by atoms with Crippen molar-refractivity contribution in [3.63, 3.8) is 0 Å². The Morgan fingerprint density at radius 2 is 2.33 bits per heavy atom. The lowest BCUT2D eigenvalue weighted by Gasteiger charge is -2.11. The second-order valence-corrected chi connectivity index (χ2v) is 3.59. The van der Waals surface area contributed by atoms with E-state index < -0.39 is 17.8 Å². The number of rotatable bonds is 3. The van der Waals surface area contributed by atoms with Gasteiger partial charge in [0.1, 0.15) is 5.84 Å². The molecule has 0 saturated heterocycles. The van der Waals surface area contributed by atoms with E-state index in [1.165, 1.54) is 6.21 Å². The number of ether oxygens (including phenoxy) is 1. The van der Waals surface area contributed by atoms with E-state index in [2.05, 4.69) is 9.98 Å². The van der Waals surface area contributed by atoms with Crippen LogP contribution in [0.25, 0.3) is 0 Å². The molecule has 0 unspecified atom stereocenters. The van der Waals surface area contributed by atoms with Crippen LogP contribution in [0, 0.1) is 11.8 Å². The van der Waals surface area contributed by atoms with Crippen molar-refractivity contribution >= 4 is 23.9 Å². The predicted molar refractivity (Wildman–Crippen MR) is 53.8 cm³/mol. The third kappa shape index (κ3) is 2.11. The molecular weight excluding hydrogens is 196 g/mol. The molecule has 1 amide bonds. The predicted octanol–water partition coefficient (Wildman–Crippen LogP) is 0.585. The van der Waals surface area contributed by atoms with Gasteiger partial charge in [-0.2, -0.15) is 4.99 Å². The Bertz CT molecular complexity index is 356. The van der Waals surface area contributed by atoms with Crippen LogP contribution in [-0.4, -0.2) is 30.5 Å². The average molecular weight is 208 g/mol. The fraction of sp³-hybridized carbons (Fsp3) is 0.600. The Hall–Kier alpha value is -1.52. The largest absolute Gasteiger partial charge is 0.465 e. The molecule has 1 aliphatic carbocycles. The fourth-order valence-corrected chi connectivity index (χ4v) is 1.36. The van der Waals surface area contributed by atoms with E-state index in [-0.39, 0.29) is 6.61 Å². The van der Waals surface area contributed by atoms with Crippen molar-refractivity contribution in [2.45, 2.75) is 19.8 Å². The summed E-state index contributed by atoms with van der Waals surface area (Å²) in [6.45, 7) is 1.96. The van der Waals surface area contributed by atoms with E-state index in [9.17, 15) is 9.59 Å². The van der Waals surface area contributed by atoms with Gasteiger partial charge in [0.25, 0.3) is 5.91 Å². The number of hydrogen-bond acceptors (Lipinski definition) is 4. The minimum absolute atomic E-state index is 0.260. The van der Waals surface area contributed by atoms with Crippen LogP contribution in [0.3, 0.4) is 0 Å². The molecule has 0 aromatic rings. The van der Waals surface area contributed by atoms with Crippen LogP contribution < -0.4 is 0 Å². The van der Waals surface area contributed by atoms with Crippen LogP contribution in [0.1, 0.15) is 19.8 Å². The Morgan fingerprint density at radius 3 is 2.87 bits per heavy atom. The summed E-state index contributed by atoms with van der Waals surface area (Å²) in [7, 11) is 0. The van der Waals surface area contributed by atoms with Gasteiger partial charge in [-0.25, -0.2) is 4.99 Å². The highest BCUT2D eigenvalue weighted by molar-refractivity contribution is 6.19. The highest BCUT2D eigenvalue weighted by Crippen LogP contribution is 2.32. The first-order valence-electron chi connectivity index (χ1n) is 5.05. The number of esters is 1. The first-order valence-corrected chi connectivity index (χ1v) is 5.05. The Balaban J connectivity index is 2.04. The van der Waals surface area contributed by atoms with Crippen molar-refractivity contribution in [1.82, 2.24) is 0 Å². The summed E-state index contributed by atoms with van der Waals surface area (Å²) in [5.41, 5.74) is 0. The fourth-order valence-electron chi connectivity index (χ4n) is 1.36. The Kier molecular flexibility index (Phi) is 2.62. The molecule has 1 fully saturated rings. The van der Waals surface area contributed by atoms with Gasteiger partial charge >= 0.3 is 5.97 Å². The molecule has 1 aliphatic heterocycles. The molecule has 5 heteroatoms. The Morgan fingerprint density at radius 1 is 1.60 bits per heavy atom. The molecule has 5 nitrogen and oxygen atoms in total. The maximum Gasteiger partial charge on any atom is 0.324 e. The van der Waals surface area contributed by atoms with Crippen molar-refractivity contribution in [2.24, 2.45) is 21.8 Å². The monoisotopic (exact) mass is 208 g/mol. The van der Waals surface area contributed by atoms with Crippen LogP contribution in [0.5, 0.6) is 0 Å². The topological polar surface area (TPSA) is 68.1 Å². The number of nitrogens with zero attached hydrogens (tertiary/aromatic N) is 2. The van der Waals surface area contributed by atoms with Crippen LogP contribution in [-0.2, 0) is 14.3 Å². The summed E-state index contributed by atoms with van der Waals surface area (Å²) >= 11 is 0. The van der Waals surface area contributed by atoms with E-state index in [4.69, 9.17) is 4.74 Å². The van der Waals surface area contributed by atoms with Gasteiger partial charge in [0.2, 0.25) is 0 Å². The minimum Gasteiger partial charge on any atom is -0.465 e. The molecule has 1 atom stereocenters. The van der Waals surface area contributed by atoms with Crippen molar-refractivity contribution in [2.75, 3.05) is 6.61 Å². The van der Waals surface area contributed by atoms with Gasteiger partial charge in [0.05, 0.1) is 6.61 Å². The number of aliphatic imine (C=N–C) groups is 2. The maximum absolute atomic E-state index is 11.5. The summed E-state index contributed by atoms with van der Waals surface area (Å²) in [6, 6.07) is 0. The second-order valence-electron chi connectivity index (χ2n) is 3.59. The average Bonchev–Trinajstić information content (AvgIpc) is 3.01. The van der Waals surface area contributed by atoms with Crippen LogP contribution in [0.2, 0.25) is 0 Å². The lowest BCUT2D eigenvalue weighted by molar-refractivity contribution is -0.148. The van der Waals surface area contributed by atoms with E-state index >= 15 is 0 Å². The SMILES string of the molecule is CCOC(=O)[C@H]1C=NC(C2CC2)=NC1=O. The van der Waals surface area contributed by atoms with E-state index in [1.807, 2.05) is 0 Å². The van der Waals surface area contributed by atoms with Crippen LogP contribution >= 0.6 is 0 Å². The highest BCUT2D eigenvalue weighted by Gasteiger charge is 2.34. The summed E-state index contributed by atoms with van der Waals surface area (Å²) in [4.78, 5) is 30.6. The van der Waals surface area contributed by atoms with Gasteiger partial charge in [-0.3, -0.25) is 9.59 Å². The molecule has 15 heavy (non-hydrogen) atoms. The smallest absolute Gasteiger partial charge is 0.324 e. The number of amides is 1. The summed E-state index contributed by atoms with van der Waals surface area (Å²) in [5, 5.41) is 0. The van der Waals surface area contributed by atoms with Gasteiger partial charge in [0.15, 0.2) is 5.92 Å². The number of amidine groups is 1. The van der Waals surface area contributed by atoms with Crippen LogP contribution in [0.15, 0.2) is 9.98 Å². The van der Waals surface area contributed by atoms with Gasteiger partial charge in [0, 0.05) is 12.1 Å². The molecule has 1 saturated carbocycles. The molecule has 0 radical (unpaired) electrons. The molecule has 1 heterocycles. The molecule has 2 aliphatic rings. The van der Waals surface area contributed by atoms with Crippen LogP contribution in [0.4, 0.5) is 0 Å². The molecule has 0 spiro atoms. The van der Waals surface area contributed by atoms with Gasteiger partial charge < -0.3 is 4.74 Å². The first kappa shape index (κ1) is 10.0. The third-order valence-electron chi connectivity index (χ3n) is 2.33. The molecular formula is C10H12N2O3. The highest BCUT2D eigenvalue weighted by atomic mass is 16.5. The molecule has 0 aromatic heterocycles. The van der Waals surface area contributed by atoms with Crippen molar-refractivity contribution in [3.8, 4) is 0 Å². The minimum atomic E-state index is -0.938. The standard InChI is InChI=1S/C10H12N2O3/c1-2-15-10(14)7-5-11-8(6-3-4-6)12-9(7)13/h5-7H,2-4H2,1H3/t7-/m0/s1. The van der Waals surface area contributed by atoms with E-state index in [0.29, 0.717) is 11.8 Å². The molecule has 0 bridgehead atoms. The second kappa shape index (κ2) is 3.92. The normalized spacial score (nSPS) is 25.0. The van der Waals surface area contributed by atoms with Gasteiger partial charge in [-0.05, 0) is 19.8 Å². The summed E-state index contributed by atoms with van der Waals surface area (Å²) in [6.07, 6.45) is 3.42.